The second kappa shape index (κ2) is 7.03. The molecule has 0 aliphatic carbocycles. The van der Waals surface area contributed by atoms with Gasteiger partial charge in [-0.1, -0.05) is 42.0 Å². The van der Waals surface area contributed by atoms with Crippen molar-refractivity contribution in [1.82, 2.24) is 4.57 Å². The van der Waals surface area contributed by atoms with E-state index in [9.17, 15) is 4.79 Å². The first-order valence-electron chi connectivity index (χ1n) is 8.72. The first-order chi connectivity index (χ1) is 13.2. The first kappa shape index (κ1) is 17.0. The number of benzene rings is 2. The van der Waals surface area contributed by atoms with E-state index in [0.717, 1.165) is 11.1 Å². The number of amides is 1. The number of carbonyl (C=O) groups excluding carboxylic acids is 1. The standard InChI is InChI=1S/C22H20N2O3/c1-15-7-9-16(10-8-15)14-24-18-11-12-27-21(18)13-19(24)22(25)23-17-5-3-4-6-20(17)26-2/h3-13H,14H2,1-2H3,(H,23,25). The Bertz CT molecular complexity index is 1090. The fourth-order valence-electron chi connectivity index (χ4n) is 3.15. The molecule has 0 spiro atoms. The average molecular weight is 360 g/mol. The predicted molar refractivity (Wildman–Crippen MR) is 105 cm³/mol. The van der Waals surface area contributed by atoms with E-state index in [1.165, 1.54) is 5.56 Å². The van der Waals surface area contributed by atoms with Crippen LogP contribution in [-0.4, -0.2) is 17.6 Å². The van der Waals surface area contributed by atoms with Gasteiger partial charge in [-0.25, -0.2) is 0 Å². The summed E-state index contributed by atoms with van der Waals surface area (Å²) in [7, 11) is 1.58. The molecule has 136 valence electrons. The minimum absolute atomic E-state index is 0.210. The van der Waals surface area contributed by atoms with Crippen LogP contribution < -0.4 is 10.1 Å². The lowest BCUT2D eigenvalue weighted by Crippen LogP contribution is -2.18. The fraction of sp³-hybridized carbons (Fsp3) is 0.136. The summed E-state index contributed by atoms with van der Waals surface area (Å²) >= 11 is 0. The van der Waals surface area contributed by atoms with Crippen LogP contribution in [0.2, 0.25) is 0 Å². The third-order valence-electron chi connectivity index (χ3n) is 4.57. The van der Waals surface area contributed by atoms with Gasteiger partial charge in [0.15, 0.2) is 5.58 Å². The number of rotatable bonds is 5. The molecule has 0 aliphatic heterocycles. The summed E-state index contributed by atoms with van der Waals surface area (Å²) in [4.78, 5) is 13.0. The highest BCUT2D eigenvalue weighted by atomic mass is 16.5. The van der Waals surface area contributed by atoms with Gasteiger partial charge in [-0.2, -0.15) is 0 Å². The maximum absolute atomic E-state index is 13.0. The molecule has 27 heavy (non-hydrogen) atoms. The Labute approximate surface area is 157 Å². The predicted octanol–water partition coefficient (Wildman–Crippen LogP) is 4.85. The topological polar surface area (TPSA) is 56.4 Å². The van der Waals surface area contributed by atoms with Gasteiger partial charge in [0.25, 0.3) is 5.91 Å². The molecular formula is C22H20N2O3. The smallest absolute Gasteiger partial charge is 0.272 e. The highest BCUT2D eigenvalue weighted by Crippen LogP contribution is 2.26. The Hall–Kier alpha value is -3.47. The van der Waals surface area contributed by atoms with Crippen molar-refractivity contribution in [3.63, 3.8) is 0 Å². The number of aromatic nitrogens is 1. The van der Waals surface area contributed by atoms with Gasteiger partial charge in [0.05, 0.1) is 24.6 Å². The van der Waals surface area contributed by atoms with Crippen LogP contribution in [0.25, 0.3) is 11.1 Å². The third-order valence-corrected chi connectivity index (χ3v) is 4.57. The largest absolute Gasteiger partial charge is 0.495 e. The minimum atomic E-state index is -0.210. The van der Waals surface area contributed by atoms with Gasteiger partial charge in [-0.05, 0) is 24.6 Å². The summed E-state index contributed by atoms with van der Waals surface area (Å²) in [6.45, 7) is 2.64. The molecule has 2 heterocycles. The SMILES string of the molecule is COc1ccccc1NC(=O)c1cc2occc2n1Cc1ccc(C)cc1. The highest BCUT2D eigenvalue weighted by molar-refractivity contribution is 6.06. The van der Waals surface area contributed by atoms with Crippen molar-refractivity contribution in [1.29, 1.82) is 0 Å². The number of para-hydroxylation sites is 2. The van der Waals surface area contributed by atoms with Crippen LogP contribution in [-0.2, 0) is 6.54 Å². The second-order valence-corrected chi connectivity index (χ2v) is 6.43. The number of ether oxygens (including phenoxy) is 1. The maximum atomic E-state index is 13.0. The molecular weight excluding hydrogens is 340 g/mol. The lowest BCUT2D eigenvalue weighted by atomic mass is 10.1. The molecule has 5 heteroatoms. The molecule has 4 rings (SSSR count). The number of hydrogen-bond acceptors (Lipinski definition) is 3. The molecule has 1 amide bonds. The Balaban J connectivity index is 1.69. The number of furan rings is 1. The molecule has 0 radical (unpaired) electrons. The minimum Gasteiger partial charge on any atom is -0.495 e. The van der Waals surface area contributed by atoms with Crippen molar-refractivity contribution in [2.75, 3.05) is 12.4 Å². The maximum Gasteiger partial charge on any atom is 0.272 e. The lowest BCUT2D eigenvalue weighted by Gasteiger charge is -2.13. The van der Waals surface area contributed by atoms with Crippen LogP contribution in [0.1, 0.15) is 21.6 Å². The molecule has 2 aromatic heterocycles. The van der Waals surface area contributed by atoms with Crippen molar-refractivity contribution in [2.24, 2.45) is 0 Å². The molecule has 0 saturated carbocycles. The van der Waals surface area contributed by atoms with Gasteiger partial charge < -0.3 is 19.0 Å². The number of methoxy groups -OCH3 is 1. The molecule has 0 fully saturated rings. The molecule has 0 unspecified atom stereocenters. The number of hydrogen-bond donors (Lipinski definition) is 1. The molecule has 0 atom stereocenters. The molecule has 0 bridgehead atoms. The zero-order valence-electron chi connectivity index (χ0n) is 15.2. The van der Waals surface area contributed by atoms with E-state index in [2.05, 4.69) is 36.5 Å². The van der Waals surface area contributed by atoms with E-state index in [-0.39, 0.29) is 5.91 Å². The number of nitrogens with one attached hydrogen (secondary N) is 1. The average Bonchev–Trinajstić information content (AvgIpc) is 3.26. The van der Waals surface area contributed by atoms with Crippen molar-refractivity contribution in [3.05, 3.63) is 83.7 Å². The van der Waals surface area contributed by atoms with Crippen molar-refractivity contribution in [3.8, 4) is 5.75 Å². The van der Waals surface area contributed by atoms with E-state index in [0.29, 0.717) is 29.3 Å². The summed E-state index contributed by atoms with van der Waals surface area (Å²) in [5, 5.41) is 2.94. The lowest BCUT2D eigenvalue weighted by molar-refractivity contribution is 0.101. The van der Waals surface area contributed by atoms with E-state index in [4.69, 9.17) is 9.15 Å². The Morgan fingerprint density at radius 1 is 1.11 bits per heavy atom. The van der Waals surface area contributed by atoms with Gasteiger partial charge in [0, 0.05) is 18.7 Å². The van der Waals surface area contributed by atoms with Crippen LogP contribution in [0.3, 0.4) is 0 Å². The van der Waals surface area contributed by atoms with Crippen LogP contribution in [0.5, 0.6) is 5.75 Å². The second-order valence-electron chi connectivity index (χ2n) is 6.43. The van der Waals surface area contributed by atoms with Gasteiger partial charge in [0.1, 0.15) is 11.4 Å². The molecule has 0 aliphatic rings. The summed E-state index contributed by atoms with van der Waals surface area (Å²) in [5.74, 6) is 0.407. The zero-order valence-corrected chi connectivity index (χ0v) is 15.2. The molecule has 4 aromatic rings. The zero-order chi connectivity index (χ0) is 18.8. The number of aryl methyl sites for hydroxylation is 1. The van der Waals surface area contributed by atoms with Crippen LogP contribution in [0.4, 0.5) is 5.69 Å². The van der Waals surface area contributed by atoms with Crippen molar-refractivity contribution in [2.45, 2.75) is 13.5 Å². The van der Waals surface area contributed by atoms with Gasteiger partial charge in [-0.3, -0.25) is 4.79 Å². The quantitative estimate of drug-likeness (QED) is 0.553. The summed E-state index contributed by atoms with van der Waals surface area (Å²) in [6.07, 6.45) is 1.64. The summed E-state index contributed by atoms with van der Waals surface area (Å²) in [6, 6.07) is 19.3. The Morgan fingerprint density at radius 3 is 2.67 bits per heavy atom. The number of fused-ring (bicyclic) bond motifs is 1. The fourth-order valence-corrected chi connectivity index (χ4v) is 3.15. The molecule has 0 saturated heterocycles. The van der Waals surface area contributed by atoms with Crippen LogP contribution >= 0.6 is 0 Å². The monoisotopic (exact) mass is 360 g/mol. The third kappa shape index (κ3) is 3.31. The Morgan fingerprint density at radius 2 is 1.89 bits per heavy atom. The molecule has 1 N–H and O–H groups in total. The van der Waals surface area contributed by atoms with Crippen molar-refractivity contribution >= 4 is 22.7 Å². The number of carbonyl (C=O) groups is 1. The number of nitrogens with zero attached hydrogens (tertiary/aromatic N) is 1. The molecule has 2 aromatic carbocycles. The van der Waals surface area contributed by atoms with E-state index in [1.54, 1.807) is 19.4 Å². The summed E-state index contributed by atoms with van der Waals surface area (Å²) in [5.41, 5.74) is 5.06. The van der Waals surface area contributed by atoms with Gasteiger partial charge in [0.2, 0.25) is 0 Å². The van der Waals surface area contributed by atoms with Crippen LogP contribution in [0.15, 0.2) is 71.3 Å². The van der Waals surface area contributed by atoms with E-state index >= 15 is 0 Å². The van der Waals surface area contributed by atoms with Crippen molar-refractivity contribution < 1.29 is 13.9 Å². The van der Waals surface area contributed by atoms with E-state index in [1.807, 2.05) is 34.9 Å². The normalized spacial score (nSPS) is 10.9. The highest BCUT2D eigenvalue weighted by Gasteiger charge is 2.19. The molecule has 5 nitrogen and oxygen atoms in total. The first-order valence-corrected chi connectivity index (χ1v) is 8.72. The van der Waals surface area contributed by atoms with Gasteiger partial charge >= 0.3 is 0 Å². The van der Waals surface area contributed by atoms with Gasteiger partial charge in [-0.15, -0.1) is 0 Å². The van der Waals surface area contributed by atoms with Crippen LogP contribution in [0, 0.1) is 6.92 Å². The summed E-state index contributed by atoms with van der Waals surface area (Å²) < 4.78 is 12.8. The van der Waals surface area contributed by atoms with E-state index < -0.39 is 0 Å². The Kier molecular flexibility index (Phi) is 4.42. The number of anilines is 1.